The van der Waals surface area contributed by atoms with Crippen LogP contribution >= 0.6 is 0 Å². The molecule has 1 aliphatic heterocycles. The number of nitrogens with zero attached hydrogens (tertiary/aromatic N) is 3. The van der Waals surface area contributed by atoms with Crippen molar-refractivity contribution in [2.24, 2.45) is 0 Å². The molecule has 3 rings (SSSR count). The fourth-order valence-corrected chi connectivity index (χ4v) is 3.22. The van der Waals surface area contributed by atoms with E-state index in [-0.39, 0.29) is 17.7 Å². The molecule has 0 aliphatic carbocycles. The van der Waals surface area contributed by atoms with Crippen LogP contribution in [0.15, 0.2) is 28.7 Å². The minimum atomic E-state index is 0.00151. The quantitative estimate of drug-likeness (QED) is 0.707. The summed E-state index contributed by atoms with van der Waals surface area (Å²) in [6, 6.07) is 5.56. The van der Waals surface area contributed by atoms with Gasteiger partial charge in [-0.3, -0.25) is 4.79 Å². The molecule has 1 saturated heterocycles. The van der Waals surface area contributed by atoms with Gasteiger partial charge < -0.3 is 18.8 Å². The number of amides is 1. The van der Waals surface area contributed by atoms with Gasteiger partial charge in [0.1, 0.15) is 0 Å². The van der Waals surface area contributed by atoms with Gasteiger partial charge in [0, 0.05) is 31.0 Å². The van der Waals surface area contributed by atoms with Gasteiger partial charge in [-0.25, -0.2) is 0 Å². The van der Waals surface area contributed by atoms with Crippen LogP contribution in [0.5, 0.6) is 11.5 Å². The molecule has 1 aromatic carbocycles. The number of hydrogen-bond acceptors (Lipinski definition) is 6. The number of aromatic nitrogens is 2. The molecule has 0 N–H and O–H groups in total. The van der Waals surface area contributed by atoms with E-state index in [9.17, 15) is 4.79 Å². The molecule has 1 aliphatic rings. The molecule has 1 aromatic heterocycles. The molecular weight excluding hydrogens is 358 g/mol. The van der Waals surface area contributed by atoms with E-state index in [2.05, 4.69) is 10.2 Å². The maximum Gasteiger partial charge on any atom is 0.246 e. The monoisotopic (exact) mass is 385 g/mol. The number of hydrogen-bond donors (Lipinski definition) is 0. The minimum Gasteiger partial charge on any atom is -0.493 e. The van der Waals surface area contributed by atoms with E-state index in [0.29, 0.717) is 36.4 Å². The lowest BCUT2D eigenvalue weighted by molar-refractivity contribution is -0.127. The second-order valence-corrected chi connectivity index (χ2v) is 7.18. The summed E-state index contributed by atoms with van der Waals surface area (Å²) in [5, 5.41) is 8.29. The van der Waals surface area contributed by atoms with Crippen LogP contribution in [0.2, 0.25) is 0 Å². The zero-order valence-corrected chi connectivity index (χ0v) is 16.8. The van der Waals surface area contributed by atoms with Gasteiger partial charge in [-0.1, -0.05) is 19.9 Å². The predicted molar refractivity (Wildman–Crippen MR) is 106 cm³/mol. The highest BCUT2D eigenvalue weighted by molar-refractivity contribution is 5.92. The van der Waals surface area contributed by atoms with Crippen LogP contribution < -0.4 is 9.47 Å². The maximum absolute atomic E-state index is 12.5. The van der Waals surface area contributed by atoms with Gasteiger partial charge in [0.2, 0.25) is 17.7 Å². The van der Waals surface area contributed by atoms with Crippen LogP contribution in [0.3, 0.4) is 0 Å². The zero-order chi connectivity index (χ0) is 20.1. The molecule has 0 radical (unpaired) electrons. The van der Waals surface area contributed by atoms with Gasteiger partial charge in [0.15, 0.2) is 11.5 Å². The van der Waals surface area contributed by atoms with Crippen molar-refractivity contribution in [2.45, 2.75) is 38.5 Å². The molecule has 0 bridgehead atoms. The third-order valence-corrected chi connectivity index (χ3v) is 4.93. The fourth-order valence-electron chi connectivity index (χ4n) is 3.22. The van der Waals surface area contributed by atoms with E-state index in [0.717, 1.165) is 18.4 Å². The number of benzene rings is 1. The predicted octanol–water partition coefficient (Wildman–Crippen LogP) is 3.63. The van der Waals surface area contributed by atoms with Crippen molar-refractivity contribution >= 4 is 12.0 Å². The second kappa shape index (κ2) is 8.91. The highest BCUT2D eigenvalue weighted by Crippen LogP contribution is 2.29. The lowest BCUT2D eigenvalue weighted by atomic mass is 9.97. The first-order chi connectivity index (χ1) is 13.5. The minimum absolute atomic E-state index is 0.00151. The Morgan fingerprint density at radius 2 is 1.89 bits per heavy atom. The number of carbonyl (C=O) groups excluding carboxylic acids is 1. The van der Waals surface area contributed by atoms with Crippen molar-refractivity contribution in [1.29, 1.82) is 0 Å². The SMILES string of the molecule is COc1ccc(C=CC(=O)N2CCC(c3nnc(C(C)C)o3)CC2)cc1OC. The zero-order valence-electron chi connectivity index (χ0n) is 16.8. The van der Waals surface area contributed by atoms with E-state index >= 15 is 0 Å². The van der Waals surface area contributed by atoms with Crippen molar-refractivity contribution in [3.8, 4) is 11.5 Å². The van der Waals surface area contributed by atoms with E-state index in [4.69, 9.17) is 13.9 Å². The Balaban J connectivity index is 1.57. The van der Waals surface area contributed by atoms with Crippen molar-refractivity contribution < 1.29 is 18.7 Å². The largest absolute Gasteiger partial charge is 0.493 e. The molecule has 0 atom stereocenters. The summed E-state index contributed by atoms with van der Waals surface area (Å²) in [4.78, 5) is 14.4. The molecule has 1 amide bonds. The lowest BCUT2D eigenvalue weighted by Gasteiger charge is -2.29. The van der Waals surface area contributed by atoms with E-state index in [1.807, 2.05) is 36.9 Å². The van der Waals surface area contributed by atoms with Crippen LogP contribution in [0.4, 0.5) is 0 Å². The molecule has 7 heteroatoms. The highest BCUT2D eigenvalue weighted by atomic mass is 16.5. The summed E-state index contributed by atoms with van der Waals surface area (Å²) in [6.07, 6.45) is 5.06. The number of likely N-dealkylation sites (tertiary alicyclic amines) is 1. The number of ether oxygens (including phenoxy) is 2. The smallest absolute Gasteiger partial charge is 0.246 e. The van der Waals surface area contributed by atoms with Crippen LogP contribution in [0.1, 0.15) is 55.9 Å². The molecule has 28 heavy (non-hydrogen) atoms. The third-order valence-electron chi connectivity index (χ3n) is 4.93. The summed E-state index contributed by atoms with van der Waals surface area (Å²) in [5.41, 5.74) is 0.882. The van der Waals surface area contributed by atoms with Gasteiger partial charge >= 0.3 is 0 Å². The molecule has 150 valence electrons. The van der Waals surface area contributed by atoms with Crippen molar-refractivity contribution in [2.75, 3.05) is 27.3 Å². The lowest BCUT2D eigenvalue weighted by Crippen LogP contribution is -2.36. The van der Waals surface area contributed by atoms with Crippen molar-refractivity contribution in [1.82, 2.24) is 15.1 Å². The van der Waals surface area contributed by atoms with Gasteiger partial charge in [-0.2, -0.15) is 0 Å². The highest BCUT2D eigenvalue weighted by Gasteiger charge is 2.26. The normalized spacial score (nSPS) is 15.4. The van der Waals surface area contributed by atoms with Gasteiger partial charge in [-0.05, 0) is 36.6 Å². The Labute approximate surface area is 165 Å². The molecule has 0 spiro atoms. The first-order valence-electron chi connectivity index (χ1n) is 9.54. The van der Waals surface area contributed by atoms with Crippen LogP contribution in [0.25, 0.3) is 6.08 Å². The molecule has 0 saturated carbocycles. The van der Waals surface area contributed by atoms with Crippen molar-refractivity contribution in [3.05, 3.63) is 41.6 Å². The van der Waals surface area contributed by atoms with E-state index in [1.54, 1.807) is 26.4 Å². The van der Waals surface area contributed by atoms with E-state index in [1.165, 1.54) is 0 Å². The summed E-state index contributed by atoms with van der Waals surface area (Å²) < 4.78 is 16.3. The third kappa shape index (κ3) is 4.52. The molecular formula is C21H27N3O4. The molecule has 2 aromatic rings. The second-order valence-electron chi connectivity index (χ2n) is 7.18. The Bertz CT molecular complexity index is 836. The van der Waals surface area contributed by atoms with Crippen LogP contribution in [0, 0.1) is 0 Å². The number of carbonyl (C=O) groups is 1. The Morgan fingerprint density at radius 3 is 2.50 bits per heavy atom. The first kappa shape index (κ1) is 19.9. The fraction of sp³-hybridized carbons (Fsp3) is 0.476. The standard InChI is InChI=1S/C21H27N3O4/c1-14(2)20-22-23-21(28-20)16-9-11-24(12-10-16)19(25)8-6-15-5-7-17(26-3)18(13-15)27-4/h5-8,13-14,16H,9-12H2,1-4H3. The van der Waals surface area contributed by atoms with Gasteiger partial charge in [0.05, 0.1) is 14.2 Å². The maximum atomic E-state index is 12.5. The molecule has 1 fully saturated rings. The summed E-state index contributed by atoms with van der Waals surface area (Å²) in [5.74, 6) is 3.11. The van der Waals surface area contributed by atoms with Crippen LogP contribution in [-0.2, 0) is 4.79 Å². The topological polar surface area (TPSA) is 77.7 Å². The van der Waals surface area contributed by atoms with Crippen molar-refractivity contribution in [3.63, 3.8) is 0 Å². The Morgan fingerprint density at radius 1 is 1.18 bits per heavy atom. The van der Waals surface area contributed by atoms with Crippen LogP contribution in [-0.4, -0.2) is 48.3 Å². The average Bonchev–Trinajstić information content (AvgIpc) is 3.22. The molecule has 7 nitrogen and oxygen atoms in total. The number of piperidine rings is 1. The molecule has 0 unspecified atom stereocenters. The van der Waals surface area contributed by atoms with Gasteiger partial charge in [-0.15, -0.1) is 10.2 Å². The number of rotatable bonds is 6. The first-order valence-corrected chi connectivity index (χ1v) is 9.54. The number of methoxy groups -OCH3 is 2. The average molecular weight is 385 g/mol. The van der Waals surface area contributed by atoms with Gasteiger partial charge in [0.25, 0.3) is 0 Å². The summed E-state index contributed by atoms with van der Waals surface area (Å²) in [6.45, 7) is 5.42. The Kier molecular flexibility index (Phi) is 6.34. The molecule has 2 heterocycles. The Hall–Kier alpha value is -2.83. The van der Waals surface area contributed by atoms with E-state index < -0.39 is 0 Å². The summed E-state index contributed by atoms with van der Waals surface area (Å²) >= 11 is 0. The summed E-state index contributed by atoms with van der Waals surface area (Å²) in [7, 11) is 3.19.